The summed E-state index contributed by atoms with van der Waals surface area (Å²) in [6.45, 7) is 2.23. The summed E-state index contributed by atoms with van der Waals surface area (Å²) in [6.07, 6.45) is 10.2. The van der Waals surface area contributed by atoms with Gasteiger partial charge in [0.15, 0.2) is 5.65 Å². The first-order chi connectivity index (χ1) is 7.83. The van der Waals surface area contributed by atoms with Gasteiger partial charge in [0.25, 0.3) is 0 Å². The normalized spacial score (nSPS) is 11.1. The molecule has 0 radical (unpaired) electrons. The van der Waals surface area contributed by atoms with E-state index in [1.54, 1.807) is 0 Å². The second-order valence-corrected chi connectivity index (χ2v) is 4.52. The van der Waals surface area contributed by atoms with Gasteiger partial charge in [-0.1, -0.05) is 37.8 Å². The smallest absolute Gasteiger partial charge is 0.155 e. The molecule has 0 aliphatic rings. The number of hydrogen-bond donors (Lipinski definition) is 0. The van der Waals surface area contributed by atoms with Gasteiger partial charge in [-0.2, -0.15) is 0 Å². The van der Waals surface area contributed by atoms with Crippen molar-refractivity contribution in [1.29, 1.82) is 0 Å². The molecule has 2 aromatic rings. The summed E-state index contributed by atoms with van der Waals surface area (Å²) >= 11 is 6.07. The minimum absolute atomic E-state index is 0.724. The molecule has 0 aromatic carbocycles. The summed E-state index contributed by atoms with van der Waals surface area (Å²) in [4.78, 5) is 4.35. The van der Waals surface area contributed by atoms with Crippen LogP contribution < -0.4 is 0 Å². The lowest BCUT2D eigenvalue weighted by molar-refractivity contribution is 0.659. The van der Waals surface area contributed by atoms with E-state index in [1.165, 1.54) is 31.4 Å². The average Bonchev–Trinajstić information content (AvgIpc) is 2.70. The van der Waals surface area contributed by atoms with Crippen molar-refractivity contribution in [2.45, 2.75) is 39.0 Å². The summed E-state index contributed by atoms with van der Waals surface area (Å²) in [5.74, 6) is 0. The van der Waals surface area contributed by atoms with E-state index in [0.29, 0.717) is 0 Å². The summed E-state index contributed by atoms with van der Waals surface area (Å²) in [5, 5.41) is 0.724. The molecule has 0 bridgehead atoms. The predicted octanol–water partition coefficient (Wildman–Crippen LogP) is 4.11. The average molecular weight is 237 g/mol. The van der Waals surface area contributed by atoms with Crippen LogP contribution in [0.5, 0.6) is 0 Å². The Bertz CT molecular complexity index is 462. The molecule has 0 N–H and O–H groups in total. The van der Waals surface area contributed by atoms with Crippen molar-refractivity contribution in [2.75, 3.05) is 0 Å². The van der Waals surface area contributed by atoms with Crippen LogP contribution in [0.15, 0.2) is 24.5 Å². The molecule has 0 fully saturated rings. The van der Waals surface area contributed by atoms with Crippen LogP contribution in [0.25, 0.3) is 5.65 Å². The highest BCUT2D eigenvalue weighted by molar-refractivity contribution is 6.33. The number of aromatic nitrogens is 2. The number of fused-ring (bicyclic) bond motifs is 1. The van der Waals surface area contributed by atoms with E-state index in [2.05, 4.69) is 16.3 Å². The Labute approximate surface area is 101 Å². The van der Waals surface area contributed by atoms with E-state index in [4.69, 9.17) is 11.6 Å². The number of halogens is 1. The zero-order valence-corrected chi connectivity index (χ0v) is 10.4. The van der Waals surface area contributed by atoms with Gasteiger partial charge < -0.3 is 4.40 Å². The molecule has 2 nitrogen and oxygen atoms in total. The minimum Gasteiger partial charge on any atom is -0.303 e. The molecule has 0 saturated heterocycles. The van der Waals surface area contributed by atoms with Gasteiger partial charge in [0, 0.05) is 18.1 Å². The molecule has 0 spiro atoms. The highest BCUT2D eigenvalue weighted by Crippen LogP contribution is 2.18. The number of hydrogen-bond acceptors (Lipinski definition) is 1. The molecule has 2 aromatic heterocycles. The third-order valence-electron chi connectivity index (χ3n) is 2.85. The van der Waals surface area contributed by atoms with Gasteiger partial charge in [-0.05, 0) is 25.0 Å². The van der Waals surface area contributed by atoms with E-state index in [-0.39, 0.29) is 0 Å². The number of pyridine rings is 1. The first kappa shape index (κ1) is 11.5. The van der Waals surface area contributed by atoms with Gasteiger partial charge in [0.05, 0.1) is 5.02 Å². The van der Waals surface area contributed by atoms with Crippen molar-refractivity contribution in [2.24, 2.45) is 0 Å². The van der Waals surface area contributed by atoms with E-state index in [9.17, 15) is 0 Å². The standard InChI is InChI=1S/C13H17ClN2/c1-2-3-4-5-7-11-10-15-13-12(14)8-6-9-16(11)13/h6,8-10H,2-5,7H2,1H3. The Balaban J connectivity index is 2.10. The SMILES string of the molecule is CCCCCCc1cnc2c(Cl)cccn12. The molecule has 2 rings (SSSR count). The van der Waals surface area contributed by atoms with Crippen molar-refractivity contribution < 1.29 is 0 Å². The molecule has 3 heteroatoms. The Morgan fingerprint density at radius 2 is 2.19 bits per heavy atom. The molecule has 0 aliphatic carbocycles. The minimum atomic E-state index is 0.724. The fraction of sp³-hybridized carbons (Fsp3) is 0.462. The Morgan fingerprint density at radius 3 is 3.00 bits per heavy atom. The van der Waals surface area contributed by atoms with E-state index in [0.717, 1.165) is 17.1 Å². The van der Waals surface area contributed by atoms with Crippen LogP contribution >= 0.6 is 11.6 Å². The van der Waals surface area contributed by atoms with Crippen LogP contribution in [0, 0.1) is 0 Å². The van der Waals surface area contributed by atoms with Crippen LogP contribution in [0.1, 0.15) is 38.3 Å². The molecule has 2 heterocycles. The van der Waals surface area contributed by atoms with Crippen molar-refractivity contribution in [1.82, 2.24) is 9.38 Å². The molecule has 0 aliphatic heterocycles. The van der Waals surface area contributed by atoms with Crippen molar-refractivity contribution >= 4 is 17.2 Å². The van der Waals surface area contributed by atoms with Gasteiger partial charge in [-0.15, -0.1) is 0 Å². The number of aryl methyl sites for hydroxylation is 1. The summed E-state index contributed by atoms with van der Waals surface area (Å²) in [7, 11) is 0. The van der Waals surface area contributed by atoms with Gasteiger partial charge >= 0.3 is 0 Å². The Kier molecular flexibility index (Phi) is 3.83. The molecular formula is C13H17ClN2. The van der Waals surface area contributed by atoms with Gasteiger partial charge in [0.2, 0.25) is 0 Å². The predicted molar refractivity (Wildman–Crippen MR) is 68.0 cm³/mol. The zero-order valence-electron chi connectivity index (χ0n) is 9.62. The number of imidazole rings is 1. The first-order valence-electron chi connectivity index (χ1n) is 5.93. The first-order valence-corrected chi connectivity index (χ1v) is 6.31. The Morgan fingerprint density at radius 1 is 1.31 bits per heavy atom. The number of unbranched alkanes of at least 4 members (excludes halogenated alkanes) is 3. The lowest BCUT2D eigenvalue weighted by Gasteiger charge is -2.02. The maximum atomic E-state index is 6.07. The van der Waals surface area contributed by atoms with Crippen molar-refractivity contribution in [3.63, 3.8) is 0 Å². The summed E-state index contributed by atoms with van der Waals surface area (Å²) < 4.78 is 2.09. The molecule has 16 heavy (non-hydrogen) atoms. The summed E-state index contributed by atoms with van der Waals surface area (Å²) in [6, 6.07) is 3.84. The molecule has 0 atom stereocenters. The third-order valence-corrected chi connectivity index (χ3v) is 3.15. The van der Waals surface area contributed by atoms with Crippen LogP contribution in [-0.2, 0) is 6.42 Å². The maximum Gasteiger partial charge on any atom is 0.155 e. The highest BCUT2D eigenvalue weighted by atomic mass is 35.5. The monoisotopic (exact) mass is 236 g/mol. The van der Waals surface area contributed by atoms with Crippen molar-refractivity contribution in [3.8, 4) is 0 Å². The highest BCUT2D eigenvalue weighted by Gasteiger charge is 2.05. The van der Waals surface area contributed by atoms with E-state index >= 15 is 0 Å². The van der Waals surface area contributed by atoms with Gasteiger partial charge in [-0.25, -0.2) is 4.98 Å². The fourth-order valence-electron chi connectivity index (χ4n) is 1.95. The maximum absolute atomic E-state index is 6.07. The molecule has 0 amide bonds. The van der Waals surface area contributed by atoms with Gasteiger partial charge in [0.1, 0.15) is 0 Å². The molecule has 86 valence electrons. The van der Waals surface area contributed by atoms with Crippen LogP contribution in [0.3, 0.4) is 0 Å². The van der Waals surface area contributed by atoms with Crippen molar-refractivity contribution in [3.05, 3.63) is 35.2 Å². The van der Waals surface area contributed by atoms with Crippen LogP contribution in [0.4, 0.5) is 0 Å². The largest absolute Gasteiger partial charge is 0.303 e. The molecule has 0 unspecified atom stereocenters. The second kappa shape index (κ2) is 5.35. The van der Waals surface area contributed by atoms with Crippen LogP contribution in [-0.4, -0.2) is 9.38 Å². The number of rotatable bonds is 5. The quantitative estimate of drug-likeness (QED) is 0.715. The summed E-state index contributed by atoms with van der Waals surface area (Å²) in [5.41, 5.74) is 2.13. The topological polar surface area (TPSA) is 17.3 Å². The van der Waals surface area contributed by atoms with E-state index in [1.807, 2.05) is 24.5 Å². The lowest BCUT2D eigenvalue weighted by Crippen LogP contribution is -1.93. The van der Waals surface area contributed by atoms with Crippen LogP contribution in [0.2, 0.25) is 5.02 Å². The molecular weight excluding hydrogens is 220 g/mol. The Hall–Kier alpha value is -1.02. The fourth-order valence-corrected chi connectivity index (χ4v) is 2.16. The third kappa shape index (κ3) is 2.38. The second-order valence-electron chi connectivity index (χ2n) is 4.11. The van der Waals surface area contributed by atoms with Gasteiger partial charge in [-0.3, -0.25) is 0 Å². The van der Waals surface area contributed by atoms with E-state index < -0.39 is 0 Å². The molecule has 0 saturated carbocycles. The lowest BCUT2D eigenvalue weighted by atomic mass is 10.1. The number of nitrogens with zero attached hydrogens (tertiary/aromatic N) is 2. The zero-order chi connectivity index (χ0) is 11.4.